The molecule has 4 rings (SSSR count). The molecular weight excluding hydrogens is 372 g/mol. The predicted octanol–water partition coefficient (Wildman–Crippen LogP) is 8.10. The molecule has 0 aliphatic heterocycles. The molecule has 0 radical (unpaired) electrons. The highest BCUT2D eigenvalue weighted by molar-refractivity contribution is 5.57. The Kier molecular flexibility index (Phi) is 5.52. The van der Waals surface area contributed by atoms with E-state index in [4.69, 9.17) is 0 Å². The molecule has 0 amide bonds. The van der Waals surface area contributed by atoms with Crippen LogP contribution in [0.15, 0.2) is 96.6 Å². The van der Waals surface area contributed by atoms with Crippen molar-refractivity contribution in [2.24, 2.45) is 11.3 Å². The highest BCUT2D eigenvalue weighted by atomic mass is 14.5. The largest absolute Gasteiger partial charge is 0.0757 e. The van der Waals surface area contributed by atoms with E-state index in [0.717, 1.165) is 0 Å². The van der Waals surface area contributed by atoms with Crippen LogP contribution in [-0.2, 0) is 5.41 Å². The molecule has 0 heterocycles. The lowest BCUT2D eigenvalue weighted by atomic mass is 9.61. The van der Waals surface area contributed by atoms with Crippen LogP contribution in [0, 0.1) is 32.1 Å². The molecule has 0 bridgehead atoms. The van der Waals surface area contributed by atoms with E-state index in [-0.39, 0.29) is 16.7 Å². The summed E-state index contributed by atoms with van der Waals surface area (Å²) in [6.07, 6.45) is 7.28. The second-order valence-corrected chi connectivity index (χ2v) is 10.2. The SMILES string of the molecule is Cc1cccc(C(c2cccc(C)c2)(c2cccc(C)c2)C2C=CC(C(C)(C)C)=C2)c1. The molecule has 0 saturated carbocycles. The maximum absolute atomic E-state index is 2.51. The van der Waals surface area contributed by atoms with Crippen molar-refractivity contribution in [3.63, 3.8) is 0 Å². The third-order valence-electron chi connectivity index (χ3n) is 6.63. The van der Waals surface area contributed by atoms with E-state index >= 15 is 0 Å². The van der Waals surface area contributed by atoms with Gasteiger partial charge in [-0.15, -0.1) is 0 Å². The summed E-state index contributed by atoms with van der Waals surface area (Å²) < 4.78 is 0. The lowest BCUT2D eigenvalue weighted by Gasteiger charge is -2.40. The van der Waals surface area contributed by atoms with Gasteiger partial charge in [-0.25, -0.2) is 0 Å². The van der Waals surface area contributed by atoms with Crippen LogP contribution in [0.4, 0.5) is 0 Å². The van der Waals surface area contributed by atoms with E-state index in [1.165, 1.54) is 39.0 Å². The van der Waals surface area contributed by atoms with Crippen LogP contribution in [0.2, 0.25) is 0 Å². The average molecular weight is 407 g/mol. The molecule has 0 nitrogen and oxygen atoms in total. The van der Waals surface area contributed by atoms with E-state index in [2.05, 4.69) is 133 Å². The first-order valence-corrected chi connectivity index (χ1v) is 11.3. The van der Waals surface area contributed by atoms with Crippen molar-refractivity contribution in [1.29, 1.82) is 0 Å². The van der Waals surface area contributed by atoms with Gasteiger partial charge in [0, 0.05) is 5.92 Å². The summed E-state index contributed by atoms with van der Waals surface area (Å²) in [5.74, 6) is 0.243. The zero-order chi connectivity index (χ0) is 22.2. The number of benzene rings is 3. The van der Waals surface area contributed by atoms with Crippen molar-refractivity contribution in [3.05, 3.63) is 130 Å². The fourth-order valence-corrected chi connectivity index (χ4v) is 5.03. The summed E-state index contributed by atoms with van der Waals surface area (Å²) in [6, 6.07) is 27.3. The molecule has 0 heteroatoms. The number of aryl methyl sites for hydroxylation is 3. The number of hydrogen-bond donors (Lipinski definition) is 0. The second kappa shape index (κ2) is 8.00. The minimum atomic E-state index is -0.284. The molecule has 3 aromatic carbocycles. The Morgan fingerprint density at radius 3 is 1.35 bits per heavy atom. The fraction of sp³-hybridized carbons (Fsp3) is 0.290. The van der Waals surface area contributed by atoms with Crippen molar-refractivity contribution in [2.45, 2.75) is 47.0 Å². The monoisotopic (exact) mass is 406 g/mol. The van der Waals surface area contributed by atoms with Crippen LogP contribution < -0.4 is 0 Å². The second-order valence-electron chi connectivity index (χ2n) is 10.2. The Bertz CT molecular complexity index is 1040. The highest BCUT2D eigenvalue weighted by Crippen LogP contribution is 2.50. The molecule has 1 atom stereocenters. The summed E-state index contributed by atoms with van der Waals surface area (Å²) in [4.78, 5) is 0. The van der Waals surface area contributed by atoms with E-state index in [1.54, 1.807) is 0 Å². The number of hydrogen-bond acceptors (Lipinski definition) is 0. The van der Waals surface area contributed by atoms with Gasteiger partial charge in [-0.1, -0.05) is 128 Å². The van der Waals surface area contributed by atoms with Crippen molar-refractivity contribution < 1.29 is 0 Å². The summed E-state index contributed by atoms with van der Waals surface area (Å²) >= 11 is 0. The third-order valence-corrected chi connectivity index (χ3v) is 6.63. The van der Waals surface area contributed by atoms with Gasteiger partial charge in [0.15, 0.2) is 0 Å². The Morgan fingerprint density at radius 2 is 1.03 bits per heavy atom. The van der Waals surface area contributed by atoms with Crippen LogP contribution >= 0.6 is 0 Å². The van der Waals surface area contributed by atoms with Crippen LogP contribution in [0.25, 0.3) is 0 Å². The van der Waals surface area contributed by atoms with E-state index in [0.29, 0.717) is 0 Å². The first kappa shape index (κ1) is 21.4. The van der Waals surface area contributed by atoms with Crippen LogP contribution in [0.5, 0.6) is 0 Å². The zero-order valence-electron chi connectivity index (χ0n) is 19.7. The molecule has 31 heavy (non-hydrogen) atoms. The minimum absolute atomic E-state index is 0.128. The van der Waals surface area contributed by atoms with Crippen LogP contribution in [0.3, 0.4) is 0 Å². The molecule has 0 saturated heterocycles. The van der Waals surface area contributed by atoms with Crippen LogP contribution in [-0.4, -0.2) is 0 Å². The Balaban J connectivity index is 2.10. The van der Waals surface area contributed by atoms with Gasteiger partial charge in [0.2, 0.25) is 0 Å². The highest BCUT2D eigenvalue weighted by Gasteiger charge is 2.43. The first-order valence-electron chi connectivity index (χ1n) is 11.3. The maximum Gasteiger partial charge on any atom is 0.0548 e. The predicted molar refractivity (Wildman–Crippen MR) is 134 cm³/mol. The molecule has 1 aliphatic carbocycles. The molecule has 158 valence electrons. The smallest absolute Gasteiger partial charge is 0.0548 e. The maximum atomic E-state index is 2.51. The van der Waals surface area contributed by atoms with Gasteiger partial charge >= 0.3 is 0 Å². The van der Waals surface area contributed by atoms with Gasteiger partial charge < -0.3 is 0 Å². The van der Waals surface area contributed by atoms with E-state index < -0.39 is 0 Å². The topological polar surface area (TPSA) is 0 Å². The molecule has 0 spiro atoms. The van der Waals surface area contributed by atoms with E-state index in [1.807, 2.05) is 0 Å². The van der Waals surface area contributed by atoms with Crippen molar-refractivity contribution in [1.82, 2.24) is 0 Å². The molecule has 1 unspecified atom stereocenters. The van der Waals surface area contributed by atoms with Gasteiger partial charge in [0.05, 0.1) is 5.41 Å². The first-order chi connectivity index (χ1) is 14.7. The summed E-state index contributed by atoms with van der Waals surface area (Å²) in [5, 5.41) is 0. The van der Waals surface area contributed by atoms with Gasteiger partial charge in [-0.3, -0.25) is 0 Å². The summed E-state index contributed by atoms with van der Waals surface area (Å²) in [5.41, 5.74) is 9.20. The summed E-state index contributed by atoms with van der Waals surface area (Å²) in [7, 11) is 0. The number of rotatable bonds is 4. The Labute approximate surface area is 188 Å². The Hall–Kier alpha value is -2.86. The van der Waals surface area contributed by atoms with Gasteiger partial charge in [-0.05, 0) is 48.4 Å². The summed E-state index contributed by atoms with van der Waals surface area (Å²) in [6.45, 7) is 13.5. The van der Waals surface area contributed by atoms with E-state index in [9.17, 15) is 0 Å². The van der Waals surface area contributed by atoms with Crippen LogP contribution in [0.1, 0.15) is 54.2 Å². The number of allylic oxidation sites excluding steroid dienone is 4. The molecular formula is C31H34. The lowest BCUT2D eigenvalue weighted by molar-refractivity contribution is 0.499. The van der Waals surface area contributed by atoms with Crippen molar-refractivity contribution in [3.8, 4) is 0 Å². The van der Waals surface area contributed by atoms with Crippen molar-refractivity contribution >= 4 is 0 Å². The molecule has 0 aromatic heterocycles. The molecule has 0 fully saturated rings. The molecule has 0 N–H and O–H groups in total. The quantitative estimate of drug-likeness (QED) is 0.384. The molecule has 3 aromatic rings. The fourth-order valence-electron chi connectivity index (χ4n) is 5.03. The zero-order valence-corrected chi connectivity index (χ0v) is 19.7. The molecule has 1 aliphatic rings. The van der Waals surface area contributed by atoms with Gasteiger partial charge in [0.25, 0.3) is 0 Å². The minimum Gasteiger partial charge on any atom is -0.0757 e. The normalized spacial score (nSPS) is 16.5. The third kappa shape index (κ3) is 3.92. The van der Waals surface area contributed by atoms with Gasteiger partial charge in [-0.2, -0.15) is 0 Å². The van der Waals surface area contributed by atoms with Crippen molar-refractivity contribution in [2.75, 3.05) is 0 Å². The standard InChI is InChI=1S/C31H34/c1-22-10-7-13-26(18-22)31(27-14-8-11-23(2)19-27,28-15-9-12-24(3)20-28)29-17-16-25(21-29)30(4,5)6/h7-21,29H,1-6H3. The lowest BCUT2D eigenvalue weighted by Crippen LogP contribution is -2.36. The van der Waals surface area contributed by atoms with Gasteiger partial charge in [0.1, 0.15) is 0 Å². The Morgan fingerprint density at radius 1 is 0.613 bits per heavy atom. The average Bonchev–Trinajstić information content (AvgIpc) is 3.20.